The standard InChI is InChI=1S/C15H12Cl2FNO/c16-12-6-5-10(7-13(12)17)8-15(20)19-9-11-3-1-2-4-14(11)18/h1-7H,8-9H2,(H,19,20). The molecular formula is C15H12Cl2FNO. The van der Waals surface area contributed by atoms with Crippen molar-refractivity contribution in [2.24, 2.45) is 0 Å². The average Bonchev–Trinajstić information content (AvgIpc) is 2.42. The van der Waals surface area contributed by atoms with E-state index in [0.29, 0.717) is 15.6 Å². The molecule has 1 N–H and O–H groups in total. The molecular weight excluding hydrogens is 300 g/mol. The van der Waals surface area contributed by atoms with Crippen LogP contribution >= 0.6 is 23.2 Å². The Morgan fingerprint density at radius 1 is 1.10 bits per heavy atom. The van der Waals surface area contributed by atoms with Gasteiger partial charge in [-0.15, -0.1) is 0 Å². The maximum Gasteiger partial charge on any atom is 0.224 e. The third-order valence-electron chi connectivity index (χ3n) is 2.78. The van der Waals surface area contributed by atoms with Crippen molar-refractivity contribution in [3.8, 4) is 0 Å². The minimum atomic E-state index is -0.331. The average molecular weight is 312 g/mol. The summed E-state index contributed by atoms with van der Waals surface area (Å²) in [6, 6.07) is 11.3. The number of rotatable bonds is 4. The van der Waals surface area contributed by atoms with Crippen LogP contribution in [0.4, 0.5) is 4.39 Å². The lowest BCUT2D eigenvalue weighted by molar-refractivity contribution is -0.120. The molecule has 0 aromatic heterocycles. The molecule has 0 saturated heterocycles. The summed E-state index contributed by atoms with van der Waals surface area (Å²) in [5, 5.41) is 3.52. The van der Waals surface area contributed by atoms with Crippen molar-refractivity contribution in [1.82, 2.24) is 5.32 Å². The van der Waals surface area contributed by atoms with Crippen molar-refractivity contribution < 1.29 is 9.18 Å². The lowest BCUT2D eigenvalue weighted by Gasteiger charge is -2.07. The van der Waals surface area contributed by atoms with E-state index >= 15 is 0 Å². The molecule has 0 bridgehead atoms. The summed E-state index contributed by atoms with van der Waals surface area (Å²) >= 11 is 11.7. The van der Waals surface area contributed by atoms with Gasteiger partial charge in [0.05, 0.1) is 16.5 Å². The van der Waals surface area contributed by atoms with Gasteiger partial charge in [0.2, 0.25) is 5.91 Å². The molecule has 0 unspecified atom stereocenters. The molecule has 0 radical (unpaired) electrons. The molecule has 0 saturated carbocycles. The van der Waals surface area contributed by atoms with Gasteiger partial charge >= 0.3 is 0 Å². The first-order chi connectivity index (χ1) is 9.56. The number of hydrogen-bond acceptors (Lipinski definition) is 1. The van der Waals surface area contributed by atoms with E-state index in [4.69, 9.17) is 23.2 Å². The molecule has 0 aliphatic heterocycles. The Bertz CT molecular complexity index is 631. The summed E-state index contributed by atoms with van der Waals surface area (Å²) in [5.41, 5.74) is 1.21. The topological polar surface area (TPSA) is 29.1 Å². The zero-order valence-electron chi connectivity index (χ0n) is 10.5. The van der Waals surface area contributed by atoms with Crippen LogP contribution in [0.15, 0.2) is 42.5 Å². The highest BCUT2D eigenvalue weighted by Gasteiger charge is 2.07. The van der Waals surface area contributed by atoms with E-state index in [1.54, 1.807) is 36.4 Å². The van der Waals surface area contributed by atoms with Crippen LogP contribution in [-0.4, -0.2) is 5.91 Å². The van der Waals surface area contributed by atoms with Gasteiger partial charge < -0.3 is 5.32 Å². The van der Waals surface area contributed by atoms with Crippen LogP contribution in [0.1, 0.15) is 11.1 Å². The number of halogens is 3. The van der Waals surface area contributed by atoms with Gasteiger partial charge in [-0.3, -0.25) is 4.79 Å². The van der Waals surface area contributed by atoms with E-state index in [1.165, 1.54) is 6.07 Å². The van der Waals surface area contributed by atoms with E-state index in [0.717, 1.165) is 5.56 Å². The lowest BCUT2D eigenvalue weighted by atomic mass is 10.1. The molecule has 2 aromatic rings. The molecule has 2 rings (SSSR count). The zero-order chi connectivity index (χ0) is 14.5. The van der Waals surface area contributed by atoms with Crippen LogP contribution in [0.25, 0.3) is 0 Å². The van der Waals surface area contributed by atoms with Gasteiger partial charge in [0.1, 0.15) is 5.82 Å². The molecule has 5 heteroatoms. The van der Waals surface area contributed by atoms with Crippen molar-refractivity contribution in [3.05, 3.63) is 69.5 Å². The quantitative estimate of drug-likeness (QED) is 0.908. The summed E-state index contributed by atoms with van der Waals surface area (Å²) in [6.45, 7) is 0.160. The summed E-state index contributed by atoms with van der Waals surface area (Å²) in [5.74, 6) is -0.533. The van der Waals surface area contributed by atoms with Crippen LogP contribution < -0.4 is 5.32 Å². The van der Waals surface area contributed by atoms with Crippen molar-refractivity contribution in [2.45, 2.75) is 13.0 Å². The number of amides is 1. The molecule has 1 amide bonds. The fourth-order valence-corrected chi connectivity index (χ4v) is 2.05. The highest BCUT2D eigenvalue weighted by molar-refractivity contribution is 6.42. The second-order valence-electron chi connectivity index (χ2n) is 4.29. The Morgan fingerprint density at radius 2 is 1.85 bits per heavy atom. The van der Waals surface area contributed by atoms with E-state index in [9.17, 15) is 9.18 Å². The molecule has 0 aliphatic carbocycles. The summed E-state index contributed by atoms with van der Waals surface area (Å²) in [6.07, 6.45) is 0.172. The SMILES string of the molecule is O=C(Cc1ccc(Cl)c(Cl)c1)NCc1ccccc1F. The highest BCUT2D eigenvalue weighted by atomic mass is 35.5. The summed E-state index contributed by atoms with van der Waals surface area (Å²) in [4.78, 5) is 11.8. The van der Waals surface area contributed by atoms with Crippen molar-refractivity contribution in [1.29, 1.82) is 0 Å². The van der Waals surface area contributed by atoms with Gasteiger partial charge in [-0.25, -0.2) is 4.39 Å². The number of hydrogen-bond donors (Lipinski definition) is 1. The first kappa shape index (κ1) is 14.8. The second-order valence-corrected chi connectivity index (χ2v) is 5.11. The van der Waals surface area contributed by atoms with Gasteiger partial charge in [-0.05, 0) is 23.8 Å². The maximum atomic E-state index is 13.4. The van der Waals surface area contributed by atoms with Gasteiger partial charge in [0, 0.05) is 12.1 Å². The number of carbonyl (C=O) groups excluding carboxylic acids is 1. The Kier molecular flexibility index (Phi) is 4.99. The minimum absolute atomic E-state index is 0.160. The van der Waals surface area contributed by atoms with E-state index in [2.05, 4.69) is 5.32 Å². The van der Waals surface area contributed by atoms with E-state index < -0.39 is 0 Å². The largest absolute Gasteiger partial charge is 0.352 e. The first-order valence-corrected chi connectivity index (χ1v) is 6.76. The number of carbonyl (C=O) groups is 1. The van der Waals surface area contributed by atoms with Crippen LogP contribution in [-0.2, 0) is 17.8 Å². The third-order valence-corrected chi connectivity index (χ3v) is 3.52. The molecule has 0 spiro atoms. The van der Waals surface area contributed by atoms with Crippen molar-refractivity contribution >= 4 is 29.1 Å². The van der Waals surface area contributed by atoms with Crippen LogP contribution in [0, 0.1) is 5.82 Å². The summed E-state index contributed by atoms with van der Waals surface area (Å²) < 4.78 is 13.4. The predicted molar refractivity (Wildman–Crippen MR) is 78.4 cm³/mol. The Labute approximate surface area is 126 Å². The predicted octanol–water partition coefficient (Wildman–Crippen LogP) is 3.99. The normalized spacial score (nSPS) is 10.3. The second kappa shape index (κ2) is 6.73. The van der Waals surface area contributed by atoms with E-state index in [1.807, 2.05) is 0 Å². The van der Waals surface area contributed by atoms with Gasteiger partial charge in [-0.1, -0.05) is 47.5 Å². The first-order valence-electron chi connectivity index (χ1n) is 6.00. The molecule has 2 nitrogen and oxygen atoms in total. The van der Waals surface area contributed by atoms with Gasteiger partial charge in [0.15, 0.2) is 0 Å². The number of benzene rings is 2. The molecule has 0 aliphatic rings. The Morgan fingerprint density at radius 3 is 2.55 bits per heavy atom. The Hall–Kier alpha value is -1.58. The highest BCUT2D eigenvalue weighted by Crippen LogP contribution is 2.22. The third kappa shape index (κ3) is 3.95. The monoisotopic (exact) mass is 311 g/mol. The zero-order valence-corrected chi connectivity index (χ0v) is 12.0. The molecule has 0 fully saturated rings. The van der Waals surface area contributed by atoms with Crippen LogP contribution in [0.3, 0.4) is 0 Å². The maximum absolute atomic E-state index is 13.4. The van der Waals surface area contributed by atoms with Gasteiger partial charge in [-0.2, -0.15) is 0 Å². The summed E-state index contributed by atoms with van der Waals surface area (Å²) in [7, 11) is 0. The molecule has 0 heterocycles. The van der Waals surface area contributed by atoms with Crippen LogP contribution in [0.2, 0.25) is 10.0 Å². The smallest absolute Gasteiger partial charge is 0.224 e. The molecule has 0 atom stereocenters. The molecule has 104 valence electrons. The van der Waals surface area contributed by atoms with Gasteiger partial charge in [0.25, 0.3) is 0 Å². The van der Waals surface area contributed by atoms with Crippen molar-refractivity contribution in [2.75, 3.05) is 0 Å². The van der Waals surface area contributed by atoms with Crippen LogP contribution in [0.5, 0.6) is 0 Å². The fraction of sp³-hybridized carbons (Fsp3) is 0.133. The molecule has 20 heavy (non-hydrogen) atoms. The molecule has 2 aromatic carbocycles. The fourth-order valence-electron chi connectivity index (χ4n) is 1.73. The van der Waals surface area contributed by atoms with Crippen molar-refractivity contribution in [3.63, 3.8) is 0 Å². The minimum Gasteiger partial charge on any atom is -0.352 e. The van der Waals surface area contributed by atoms with E-state index in [-0.39, 0.29) is 24.7 Å². The lowest BCUT2D eigenvalue weighted by Crippen LogP contribution is -2.25. The number of nitrogens with one attached hydrogen (secondary N) is 1. The Balaban J connectivity index is 1.93.